The zero-order chi connectivity index (χ0) is 12.6. The molecule has 0 aliphatic heterocycles. The van der Waals surface area contributed by atoms with E-state index in [1.807, 2.05) is 22.6 Å². The third-order valence-corrected chi connectivity index (χ3v) is 3.43. The minimum atomic E-state index is -0.709. The van der Waals surface area contributed by atoms with E-state index in [-0.39, 0.29) is 16.9 Å². The van der Waals surface area contributed by atoms with Gasteiger partial charge in [-0.2, -0.15) is 0 Å². The van der Waals surface area contributed by atoms with Gasteiger partial charge in [-0.3, -0.25) is 4.79 Å². The van der Waals surface area contributed by atoms with Crippen LogP contribution in [-0.4, -0.2) is 9.97 Å². The van der Waals surface area contributed by atoms with Crippen LogP contribution in [-0.2, 0) is 0 Å². The topological polar surface area (TPSA) is 45.8 Å². The van der Waals surface area contributed by atoms with Crippen LogP contribution in [0.15, 0.2) is 23.0 Å². The molecular formula is C11H7F2IN2O. The number of benzene rings is 1. The Kier molecular flexibility index (Phi) is 3.23. The first-order chi connectivity index (χ1) is 7.97. The summed E-state index contributed by atoms with van der Waals surface area (Å²) in [6.45, 7) is 1.66. The number of aryl methyl sites for hydroxylation is 1. The molecular weight excluding hydrogens is 341 g/mol. The first-order valence-corrected chi connectivity index (χ1v) is 5.78. The molecule has 1 heterocycles. The molecule has 0 saturated heterocycles. The number of hydrogen-bond acceptors (Lipinski definition) is 2. The number of nitrogens with one attached hydrogen (secondary N) is 1. The normalized spacial score (nSPS) is 10.6. The van der Waals surface area contributed by atoms with Crippen molar-refractivity contribution in [3.8, 4) is 11.4 Å². The number of H-pyrrole nitrogens is 1. The summed E-state index contributed by atoms with van der Waals surface area (Å²) in [5, 5.41) is 0. The highest BCUT2D eigenvalue weighted by Crippen LogP contribution is 2.18. The highest BCUT2D eigenvalue weighted by Gasteiger charge is 2.09. The zero-order valence-corrected chi connectivity index (χ0v) is 10.9. The number of halogens is 3. The van der Waals surface area contributed by atoms with Crippen LogP contribution in [0, 0.1) is 22.1 Å². The van der Waals surface area contributed by atoms with Crippen molar-refractivity contribution in [2.45, 2.75) is 6.92 Å². The predicted octanol–water partition coefficient (Wildman–Crippen LogP) is 2.63. The second-order valence-electron chi connectivity index (χ2n) is 3.47. The van der Waals surface area contributed by atoms with E-state index in [4.69, 9.17) is 0 Å². The Morgan fingerprint density at radius 3 is 2.35 bits per heavy atom. The second-order valence-corrected chi connectivity index (χ2v) is 4.55. The zero-order valence-electron chi connectivity index (χ0n) is 8.72. The van der Waals surface area contributed by atoms with Gasteiger partial charge in [0.25, 0.3) is 5.56 Å². The van der Waals surface area contributed by atoms with Gasteiger partial charge in [0.1, 0.15) is 17.5 Å². The van der Waals surface area contributed by atoms with Gasteiger partial charge in [0, 0.05) is 11.6 Å². The average Bonchev–Trinajstić information content (AvgIpc) is 2.23. The molecule has 0 fully saturated rings. The van der Waals surface area contributed by atoms with Gasteiger partial charge in [-0.05, 0) is 41.6 Å². The standard InChI is InChI=1S/C11H7F2IN2O/c1-5-9(14)11(17)16-10(15-5)6-2-7(12)4-8(13)3-6/h2-4H,1H3,(H,15,16,17). The van der Waals surface area contributed by atoms with Crippen molar-refractivity contribution in [2.24, 2.45) is 0 Å². The molecule has 0 saturated carbocycles. The Labute approximate surface area is 109 Å². The Morgan fingerprint density at radius 2 is 1.82 bits per heavy atom. The lowest BCUT2D eigenvalue weighted by atomic mass is 10.2. The summed E-state index contributed by atoms with van der Waals surface area (Å²) >= 11 is 1.86. The molecule has 0 unspecified atom stereocenters. The van der Waals surface area contributed by atoms with E-state index in [2.05, 4.69) is 9.97 Å². The van der Waals surface area contributed by atoms with Crippen LogP contribution in [0.2, 0.25) is 0 Å². The summed E-state index contributed by atoms with van der Waals surface area (Å²) in [5.74, 6) is -1.26. The van der Waals surface area contributed by atoms with Crippen LogP contribution in [0.25, 0.3) is 11.4 Å². The van der Waals surface area contributed by atoms with Gasteiger partial charge in [0.05, 0.1) is 9.26 Å². The van der Waals surface area contributed by atoms with Crippen molar-refractivity contribution in [1.29, 1.82) is 0 Å². The maximum absolute atomic E-state index is 13.0. The van der Waals surface area contributed by atoms with Crippen LogP contribution in [0.5, 0.6) is 0 Å². The fraction of sp³-hybridized carbons (Fsp3) is 0.0909. The Hall–Kier alpha value is -1.31. The fourth-order valence-electron chi connectivity index (χ4n) is 1.40. The van der Waals surface area contributed by atoms with E-state index in [1.54, 1.807) is 6.92 Å². The highest BCUT2D eigenvalue weighted by molar-refractivity contribution is 14.1. The third-order valence-electron chi connectivity index (χ3n) is 2.16. The Balaban J connectivity index is 2.65. The van der Waals surface area contributed by atoms with Crippen LogP contribution >= 0.6 is 22.6 Å². The van der Waals surface area contributed by atoms with Gasteiger partial charge < -0.3 is 4.98 Å². The molecule has 1 N–H and O–H groups in total. The highest BCUT2D eigenvalue weighted by atomic mass is 127. The van der Waals surface area contributed by atoms with Crippen molar-refractivity contribution < 1.29 is 8.78 Å². The van der Waals surface area contributed by atoms with E-state index in [1.165, 1.54) is 0 Å². The molecule has 2 aromatic rings. The van der Waals surface area contributed by atoms with E-state index in [0.717, 1.165) is 18.2 Å². The van der Waals surface area contributed by atoms with Crippen molar-refractivity contribution >= 4 is 22.6 Å². The summed E-state index contributed by atoms with van der Waals surface area (Å²) in [6.07, 6.45) is 0. The van der Waals surface area contributed by atoms with E-state index in [9.17, 15) is 13.6 Å². The molecule has 2 rings (SSSR count). The Morgan fingerprint density at radius 1 is 1.24 bits per heavy atom. The molecule has 88 valence electrons. The summed E-state index contributed by atoms with van der Waals surface area (Å²) < 4.78 is 26.5. The van der Waals surface area contributed by atoms with Gasteiger partial charge in [0.15, 0.2) is 0 Å². The largest absolute Gasteiger partial charge is 0.306 e. The maximum Gasteiger partial charge on any atom is 0.264 e. The molecule has 0 bridgehead atoms. The Bertz CT molecular complexity index is 620. The predicted molar refractivity (Wildman–Crippen MR) is 67.7 cm³/mol. The molecule has 3 nitrogen and oxygen atoms in total. The van der Waals surface area contributed by atoms with Gasteiger partial charge in [-0.1, -0.05) is 0 Å². The molecule has 0 atom stereocenters. The first kappa shape index (κ1) is 12.2. The third kappa shape index (κ3) is 2.51. The van der Waals surface area contributed by atoms with E-state index >= 15 is 0 Å². The van der Waals surface area contributed by atoms with Crippen molar-refractivity contribution in [1.82, 2.24) is 9.97 Å². The van der Waals surface area contributed by atoms with Crippen molar-refractivity contribution in [2.75, 3.05) is 0 Å². The number of nitrogens with zero attached hydrogens (tertiary/aromatic N) is 1. The molecule has 0 aliphatic carbocycles. The molecule has 0 amide bonds. The van der Waals surface area contributed by atoms with E-state index in [0.29, 0.717) is 9.26 Å². The SMILES string of the molecule is Cc1nc(-c2cc(F)cc(F)c2)[nH]c(=O)c1I. The van der Waals surface area contributed by atoms with Crippen molar-refractivity contribution in [3.63, 3.8) is 0 Å². The number of hydrogen-bond donors (Lipinski definition) is 1. The molecule has 6 heteroatoms. The maximum atomic E-state index is 13.0. The van der Waals surface area contributed by atoms with Gasteiger partial charge in [0.2, 0.25) is 0 Å². The van der Waals surface area contributed by atoms with Crippen LogP contribution in [0.4, 0.5) is 8.78 Å². The second kappa shape index (κ2) is 4.52. The molecule has 0 spiro atoms. The van der Waals surface area contributed by atoms with Crippen molar-refractivity contribution in [3.05, 3.63) is 49.5 Å². The summed E-state index contributed by atoms with van der Waals surface area (Å²) in [7, 11) is 0. The van der Waals surface area contributed by atoms with Gasteiger partial charge in [-0.15, -0.1) is 0 Å². The lowest BCUT2D eigenvalue weighted by Crippen LogP contribution is -2.14. The minimum absolute atomic E-state index is 0.159. The smallest absolute Gasteiger partial charge is 0.264 e. The quantitative estimate of drug-likeness (QED) is 0.806. The fourth-order valence-corrected chi connectivity index (χ4v) is 1.65. The van der Waals surface area contributed by atoms with E-state index < -0.39 is 11.6 Å². The van der Waals surface area contributed by atoms with Gasteiger partial charge >= 0.3 is 0 Å². The monoisotopic (exact) mass is 348 g/mol. The minimum Gasteiger partial charge on any atom is -0.306 e. The number of rotatable bonds is 1. The summed E-state index contributed by atoms with van der Waals surface area (Å²) in [6, 6.07) is 3.00. The van der Waals surface area contributed by atoms with Gasteiger partial charge in [-0.25, -0.2) is 13.8 Å². The summed E-state index contributed by atoms with van der Waals surface area (Å²) in [4.78, 5) is 18.1. The molecule has 0 aliphatic rings. The average molecular weight is 348 g/mol. The molecule has 17 heavy (non-hydrogen) atoms. The number of aromatic amines is 1. The number of aromatic nitrogens is 2. The molecule has 1 aromatic carbocycles. The van der Waals surface area contributed by atoms with Crippen LogP contribution in [0.1, 0.15) is 5.69 Å². The molecule has 0 radical (unpaired) electrons. The van der Waals surface area contributed by atoms with Crippen LogP contribution < -0.4 is 5.56 Å². The first-order valence-electron chi connectivity index (χ1n) is 4.70. The summed E-state index contributed by atoms with van der Waals surface area (Å²) in [5.41, 5.74) is 0.408. The molecule has 1 aromatic heterocycles. The van der Waals surface area contributed by atoms with Crippen LogP contribution in [0.3, 0.4) is 0 Å². The lowest BCUT2D eigenvalue weighted by Gasteiger charge is -2.04. The lowest BCUT2D eigenvalue weighted by molar-refractivity contribution is 0.584.